The Morgan fingerprint density at radius 2 is 1.89 bits per heavy atom. The van der Waals surface area contributed by atoms with Gasteiger partial charge in [-0.2, -0.15) is 0 Å². The predicted octanol–water partition coefficient (Wildman–Crippen LogP) is 3.21. The van der Waals surface area contributed by atoms with Gasteiger partial charge in [-0.1, -0.05) is 36.4 Å². The minimum absolute atomic E-state index is 0.0434. The first-order valence-electron chi connectivity index (χ1n) is 9.86. The summed E-state index contributed by atoms with van der Waals surface area (Å²) in [6.45, 7) is 5.32. The number of benzene rings is 1. The number of aromatic nitrogens is 1. The Balaban J connectivity index is 1.57. The highest BCUT2D eigenvalue weighted by molar-refractivity contribution is 5.81. The van der Waals surface area contributed by atoms with E-state index in [1.165, 1.54) is 24.8 Å². The van der Waals surface area contributed by atoms with Crippen molar-refractivity contribution in [3.63, 3.8) is 0 Å². The number of carbonyl (C=O) groups excluding carboxylic acids is 1. The second-order valence-corrected chi connectivity index (χ2v) is 7.33. The molecule has 0 unspecified atom stereocenters. The van der Waals surface area contributed by atoms with Crippen LogP contribution in [0.5, 0.6) is 0 Å². The fourth-order valence-corrected chi connectivity index (χ4v) is 3.50. The Bertz CT molecular complexity index is 728. The van der Waals surface area contributed by atoms with Gasteiger partial charge >= 0.3 is 0 Å². The minimum atomic E-state index is -0.194. The highest BCUT2D eigenvalue weighted by Gasteiger charge is 2.20. The van der Waals surface area contributed by atoms with Crippen molar-refractivity contribution in [2.75, 3.05) is 25.0 Å². The van der Waals surface area contributed by atoms with Crippen LogP contribution in [0, 0.1) is 0 Å². The first kappa shape index (κ1) is 19.4. The van der Waals surface area contributed by atoms with Crippen LogP contribution in [0.4, 0.5) is 5.82 Å². The molecule has 0 bridgehead atoms. The van der Waals surface area contributed by atoms with Crippen LogP contribution in [0.2, 0.25) is 0 Å². The number of hydrogen-bond acceptors (Lipinski definition) is 4. The summed E-state index contributed by atoms with van der Waals surface area (Å²) >= 11 is 0. The van der Waals surface area contributed by atoms with Crippen molar-refractivity contribution in [1.82, 2.24) is 15.2 Å². The van der Waals surface area contributed by atoms with Crippen molar-refractivity contribution in [3.8, 4) is 0 Å². The van der Waals surface area contributed by atoms with Crippen LogP contribution in [-0.4, -0.2) is 42.0 Å². The van der Waals surface area contributed by atoms with Gasteiger partial charge in [0, 0.05) is 37.9 Å². The Kier molecular flexibility index (Phi) is 6.82. The Morgan fingerprint density at radius 1 is 1.15 bits per heavy atom. The smallest absolute Gasteiger partial charge is 0.237 e. The molecular formula is C22H30N4O. The number of amides is 1. The first-order chi connectivity index (χ1) is 13.1. The van der Waals surface area contributed by atoms with E-state index in [4.69, 9.17) is 0 Å². The quantitative estimate of drug-likeness (QED) is 0.817. The number of nitrogens with zero attached hydrogens (tertiary/aromatic N) is 3. The molecule has 0 saturated carbocycles. The zero-order chi connectivity index (χ0) is 19.1. The van der Waals surface area contributed by atoms with E-state index >= 15 is 0 Å². The van der Waals surface area contributed by atoms with Gasteiger partial charge in [-0.05, 0) is 44.9 Å². The lowest BCUT2D eigenvalue weighted by molar-refractivity contribution is -0.125. The molecule has 2 aromatic rings. The summed E-state index contributed by atoms with van der Waals surface area (Å²) in [4.78, 5) is 21.6. The SMILES string of the molecule is C[C@@H](C(=O)NCc1cccnc1N1CCCCC1)N(C)Cc1ccccc1. The lowest BCUT2D eigenvalue weighted by atomic mass is 10.1. The summed E-state index contributed by atoms with van der Waals surface area (Å²) in [5.41, 5.74) is 2.30. The molecule has 0 radical (unpaired) electrons. The van der Waals surface area contributed by atoms with Gasteiger partial charge < -0.3 is 10.2 Å². The molecule has 0 aliphatic carbocycles. The molecule has 3 rings (SSSR count). The van der Waals surface area contributed by atoms with Crippen LogP contribution >= 0.6 is 0 Å². The van der Waals surface area contributed by atoms with Crippen molar-refractivity contribution in [3.05, 3.63) is 59.8 Å². The molecule has 1 atom stereocenters. The third-order valence-electron chi connectivity index (χ3n) is 5.29. The third-order valence-corrected chi connectivity index (χ3v) is 5.29. The molecule has 1 aromatic carbocycles. The van der Waals surface area contributed by atoms with E-state index in [-0.39, 0.29) is 11.9 Å². The molecule has 1 amide bonds. The van der Waals surface area contributed by atoms with E-state index in [1.54, 1.807) is 0 Å². The summed E-state index contributed by atoms with van der Waals surface area (Å²) in [5.74, 6) is 1.06. The van der Waals surface area contributed by atoms with Crippen LogP contribution in [0.25, 0.3) is 0 Å². The number of rotatable bonds is 7. The molecule has 5 heteroatoms. The molecule has 1 fully saturated rings. The van der Waals surface area contributed by atoms with Crippen molar-refractivity contribution in [1.29, 1.82) is 0 Å². The Hall–Kier alpha value is -2.40. The van der Waals surface area contributed by atoms with Crippen LogP contribution in [-0.2, 0) is 17.9 Å². The average Bonchev–Trinajstić information content (AvgIpc) is 2.73. The van der Waals surface area contributed by atoms with Crippen LogP contribution < -0.4 is 10.2 Å². The number of piperidine rings is 1. The maximum absolute atomic E-state index is 12.6. The number of likely N-dealkylation sites (N-methyl/N-ethyl adjacent to an activating group) is 1. The molecule has 1 aliphatic heterocycles. The fraction of sp³-hybridized carbons (Fsp3) is 0.455. The maximum atomic E-state index is 12.6. The monoisotopic (exact) mass is 366 g/mol. The molecule has 1 saturated heterocycles. The van der Waals surface area contributed by atoms with Gasteiger partial charge in [-0.3, -0.25) is 9.69 Å². The number of pyridine rings is 1. The standard InChI is InChI=1S/C22H30N4O/c1-18(25(2)17-19-10-5-3-6-11-19)22(27)24-16-20-12-9-13-23-21(20)26-14-7-4-8-15-26/h3,5-6,9-13,18H,4,7-8,14-17H2,1-2H3,(H,24,27)/t18-/m0/s1. The van der Waals surface area contributed by atoms with Crippen molar-refractivity contribution < 1.29 is 4.79 Å². The van der Waals surface area contributed by atoms with Crippen LogP contribution in [0.1, 0.15) is 37.3 Å². The lowest BCUT2D eigenvalue weighted by Crippen LogP contribution is -2.42. The van der Waals surface area contributed by atoms with E-state index in [0.717, 1.165) is 31.0 Å². The van der Waals surface area contributed by atoms with Crippen molar-refractivity contribution >= 4 is 11.7 Å². The summed E-state index contributed by atoms with van der Waals surface area (Å²) in [5, 5.41) is 3.10. The fourth-order valence-electron chi connectivity index (χ4n) is 3.50. The number of hydrogen-bond donors (Lipinski definition) is 1. The Labute approximate surface area is 162 Å². The highest BCUT2D eigenvalue weighted by Crippen LogP contribution is 2.21. The summed E-state index contributed by atoms with van der Waals surface area (Å²) < 4.78 is 0. The van der Waals surface area contributed by atoms with E-state index in [0.29, 0.717) is 6.54 Å². The second kappa shape index (κ2) is 9.51. The molecule has 2 heterocycles. The van der Waals surface area contributed by atoms with Crippen LogP contribution in [0.3, 0.4) is 0 Å². The summed E-state index contributed by atoms with van der Waals surface area (Å²) in [6, 6.07) is 14.0. The van der Waals surface area contributed by atoms with Crippen LogP contribution in [0.15, 0.2) is 48.7 Å². The summed E-state index contributed by atoms with van der Waals surface area (Å²) in [6.07, 6.45) is 5.56. The Morgan fingerprint density at radius 3 is 2.63 bits per heavy atom. The molecule has 1 aliphatic rings. The van der Waals surface area contributed by atoms with Gasteiger partial charge in [-0.15, -0.1) is 0 Å². The summed E-state index contributed by atoms with van der Waals surface area (Å²) in [7, 11) is 1.99. The van der Waals surface area contributed by atoms with E-state index in [2.05, 4.69) is 38.3 Å². The van der Waals surface area contributed by atoms with Gasteiger partial charge in [0.05, 0.1) is 6.04 Å². The normalized spacial score (nSPS) is 15.6. The van der Waals surface area contributed by atoms with E-state index in [1.807, 2.05) is 44.4 Å². The maximum Gasteiger partial charge on any atom is 0.237 e. The topological polar surface area (TPSA) is 48.5 Å². The average molecular weight is 367 g/mol. The largest absolute Gasteiger partial charge is 0.356 e. The van der Waals surface area contributed by atoms with E-state index in [9.17, 15) is 4.79 Å². The number of carbonyl (C=O) groups is 1. The lowest BCUT2D eigenvalue weighted by Gasteiger charge is -2.29. The molecular weight excluding hydrogens is 336 g/mol. The van der Waals surface area contributed by atoms with E-state index < -0.39 is 0 Å². The zero-order valence-electron chi connectivity index (χ0n) is 16.4. The molecule has 27 heavy (non-hydrogen) atoms. The highest BCUT2D eigenvalue weighted by atomic mass is 16.2. The van der Waals surface area contributed by atoms with Gasteiger partial charge in [0.1, 0.15) is 5.82 Å². The van der Waals surface area contributed by atoms with Crippen molar-refractivity contribution in [2.24, 2.45) is 0 Å². The van der Waals surface area contributed by atoms with Gasteiger partial charge in [-0.25, -0.2) is 4.98 Å². The minimum Gasteiger partial charge on any atom is -0.356 e. The molecule has 1 N–H and O–H groups in total. The molecule has 5 nitrogen and oxygen atoms in total. The van der Waals surface area contributed by atoms with Crippen molar-refractivity contribution in [2.45, 2.75) is 45.3 Å². The molecule has 144 valence electrons. The number of anilines is 1. The van der Waals surface area contributed by atoms with Gasteiger partial charge in [0.2, 0.25) is 5.91 Å². The third kappa shape index (κ3) is 5.30. The molecule has 0 spiro atoms. The number of nitrogens with one attached hydrogen (secondary N) is 1. The first-order valence-corrected chi connectivity index (χ1v) is 9.86. The van der Waals surface area contributed by atoms with Gasteiger partial charge in [0.25, 0.3) is 0 Å². The second-order valence-electron chi connectivity index (χ2n) is 7.33. The predicted molar refractivity (Wildman–Crippen MR) is 110 cm³/mol. The van der Waals surface area contributed by atoms with Gasteiger partial charge in [0.15, 0.2) is 0 Å². The molecule has 1 aromatic heterocycles. The zero-order valence-corrected chi connectivity index (χ0v) is 16.4.